The molecule has 1 aliphatic rings. The Morgan fingerprint density at radius 1 is 1.29 bits per heavy atom. The van der Waals surface area contributed by atoms with Gasteiger partial charge in [-0.1, -0.05) is 38.1 Å². The predicted octanol–water partition coefficient (Wildman–Crippen LogP) is 3.19. The highest BCUT2D eigenvalue weighted by atomic mass is 16.5. The minimum atomic E-state index is -0.0833. The molecular formula is C16H22N4O. The van der Waals surface area contributed by atoms with E-state index in [1.54, 1.807) is 0 Å². The first-order valence-electron chi connectivity index (χ1n) is 7.45. The molecule has 3 rings (SSSR count). The van der Waals surface area contributed by atoms with Crippen LogP contribution >= 0.6 is 0 Å². The normalized spacial score (nSPS) is 15.3. The van der Waals surface area contributed by atoms with Gasteiger partial charge in [-0.15, -0.1) is 0 Å². The zero-order valence-electron chi connectivity index (χ0n) is 12.9. The average Bonchev–Trinajstić information content (AvgIpc) is 2.82. The Bertz CT molecular complexity index is 615. The molecule has 21 heavy (non-hydrogen) atoms. The van der Waals surface area contributed by atoms with E-state index in [4.69, 9.17) is 4.52 Å². The van der Waals surface area contributed by atoms with Crippen molar-refractivity contribution < 1.29 is 4.52 Å². The lowest BCUT2D eigenvalue weighted by Gasteiger charge is -2.22. The molecule has 0 unspecified atom stereocenters. The Labute approximate surface area is 125 Å². The lowest BCUT2D eigenvalue weighted by Crippen LogP contribution is -2.23. The minimum Gasteiger partial charge on any atom is -0.383 e. The maximum Gasteiger partial charge on any atom is 0.246 e. The smallest absolute Gasteiger partial charge is 0.246 e. The van der Waals surface area contributed by atoms with Crippen LogP contribution in [0.1, 0.15) is 38.9 Å². The number of hydrogen-bond acceptors (Lipinski definition) is 5. The van der Waals surface area contributed by atoms with Crippen LogP contribution in [0.25, 0.3) is 0 Å². The Hall–Kier alpha value is -2.04. The van der Waals surface area contributed by atoms with Crippen LogP contribution in [0.3, 0.4) is 0 Å². The molecule has 0 saturated heterocycles. The summed E-state index contributed by atoms with van der Waals surface area (Å²) in [6, 6.07) is 8.36. The number of anilines is 2. The second-order valence-corrected chi connectivity index (χ2v) is 6.48. The molecule has 0 radical (unpaired) electrons. The Balaban J connectivity index is 1.83. The lowest BCUT2D eigenvalue weighted by atomic mass is 9.96. The fourth-order valence-electron chi connectivity index (χ4n) is 2.46. The van der Waals surface area contributed by atoms with E-state index in [0.29, 0.717) is 12.4 Å². The van der Waals surface area contributed by atoms with E-state index < -0.39 is 0 Å². The Morgan fingerprint density at radius 2 is 2.10 bits per heavy atom. The van der Waals surface area contributed by atoms with Crippen molar-refractivity contribution in [2.75, 3.05) is 23.3 Å². The molecule has 0 saturated carbocycles. The first-order chi connectivity index (χ1) is 10.0. The first kappa shape index (κ1) is 13.9. The van der Waals surface area contributed by atoms with Gasteiger partial charge in [0.25, 0.3) is 0 Å². The largest absolute Gasteiger partial charge is 0.383 e. The number of nitrogens with zero attached hydrogens (tertiary/aromatic N) is 3. The molecule has 1 aliphatic heterocycles. The van der Waals surface area contributed by atoms with Gasteiger partial charge in [0.1, 0.15) is 0 Å². The van der Waals surface area contributed by atoms with Crippen molar-refractivity contribution in [1.29, 1.82) is 0 Å². The van der Waals surface area contributed by atoms with Gasteiger partial charge in [-0.25, -0.2) is 0 Å². The molecule has 1 aromatic heterocycles. The van der Waals surface area contributed by atoms with Crippen molar-refractivity contribution in [3.8, 4) is 0 Å². The van der Waals surface area contributed by atoms with Gasteiger partial charge in [0.05, 0.1) is 17.9 Å². The van der Waals surface area contributed by atoms with Gasteiger partial charge in [0, 0.05) is 18.5 Å². The van der Waals surface area contributed by atoms with Crippen LogP contribution < -0.4 is 10.2 Å². The van der Waals surface area contributed by atoms with E-state index in [1.807, 2.05) is 0 Å². The third-order valence-corrected chi connectivity index (χ3v) is 3.63. The zero-order chi connectivity index (χ0) is 14.9. The highest BCUT2D eigenvalue weighted by Crippen LogP contribution is 2.29. The SMILES string of the molecule is CC(C)(C)c1noc(CN2CCCNc3ccccc32)n1. The summed E-state index contributed by atoms with van der Waals surface area (Å²) in [5, 5.41) is 7.57. The molecule has 0 amide bonds. The molecule has 0 fully saturated rings. The van der Waals surface area contributed by atoms with Gasteiger partial charge in [-0.2, -0.15) is 4.98 Å². The number of hydrogen-bond donors (Lipinski definition) is 1. The van der Waals surface area contributed by atoms with Gasteiger partial charge >= 0.3 is 0 Å². The fourth-order valence-corrected chi connectivity index (χ4v) is 2.46. The summed E-state index contributed by atoms with van der Waals surface area (Å²) in [5.41, 5.74) is 2.29. The zero-order valence-corrected chi connectivity index (χ0v) is 12.9. The standard InChI is InChI=1S/C16H22N4O/c1-16(2,3)15-18-14(21-19-15)11-20-10-6-9-17-12-7-4-5-8-13(12)20/h4-5,7-8,17H,6,9-11H2,1-3H3. The van der Waals surface area contributed by atoms with E-state index in [1.165, 1.54) is 11.4 Å². The number of nitrogens with one attached hydrogen (secondary N) is 1. The van der Waals surface area contributed by atoms with Gasteiger partial charge in [0.2, 0.25) is 5.89 Å². The number of fused-ring (bicyclic) bond motifs is 1. The third-order valence-electron chi connectivity index (χ3n) is 3.63. The van der Waals surface area contributed by atoms with Crippen molar-refractivity contribution in [1.82, 2.24) is 10.1 Å². The summed E-state index contributed by atoms with van der Waals surface area (Å²) in [6.07, 6.45) is 1.09. The second-order valence-electron chi connectivity index (χ2n) is 6.48. The number of rotatable bonds is 2. The highest BCUT2D eigenvalue weighted by molar-refractivity contribution is 5.70. The van der Waals surface area contributed by atoms with Gasteiger partial charge in [0.15, 0.2) is 5.82 Å². The first-order valence-corrected chi connectivity index (χ1v) is 7.45. The van der Waals surface area contributed by atoms with Gasteiger partial charge in [-0.3, -0.25) is 0 Å². The van der Waals surface area contributed by atoms with Crippen molar-refractivity contribution >= 4 is 11.4 Å². The molecule has 5 nitrogen and oxygen atoms in total. The maximum absolute atomic E-state index is 5.43. The molecule has 5 heteroatoms. The van der Waals surface area contributed by atoms with E-state index in [-0.39, 0.29) is 5.41 Å². The highest BCUT2D eigenvalue weighted by Gasteiger charge is 2.23. The van der Waals surface area contributed by atoms with E-state index in [2.05, 4.69) is 65.4 Å². The van der Waals surface area contributed by atoms with Crippen molar-refractivity contribution in [2.45, 2.75) is 39.2 Å². The van der Waals surface area contributed by atoms with Crippen LogP contribution in [0, 0.1) is 0 Å². The molecule has 2 heterocycles. The molecule has 2 aromatic rings. The molecule has 0 atom stereocenters. The predicted molar refractivity (Wildman–Crippen MR) is 83.6 cm³/mol. The monoisotopic (exact) mass is 286 g/mol. The quantitative estimate of drug-likeness (QED) is 0.919. The molecule has 0 spiro atoms. The van der Waals surface area contributed by atoms with Crippen LogP contribution in [-0.2, 0) is 12.0 Å². The lowest BCUT2D eigenvalue weighted by molar-refractivity contribution is 0.361. The summed E-state index contributed by atoms with van der Waals surface area (Å²) in [5.74, 6) is 1.44. The van der Waals surface area contributed by atoms with Gasteiger partial charge in [-0.05, 0) is 18.6 Å². The van der Waals surface area contributed by atoms with Crippen LogP contribution in [0.15, 0.2) is 28.8 Å². The van der Waals surface area contributed by atoms with Gasteiger partial charge < -0.3 is 14.7 Å². The summed E-state index contributed by atoms with van der Waals surface area (Å²) in [6.45, 7) is 8.90. The van der Waals surface area contributed by atoms with E-state index >= 15 is 0 Å². The molecule has 0 bridgehead atoms. The summed E-state index contributed by atoms with van der Waals surface area (Å²) < 4.78 is 5.43. The minimum absolute atomic E-state index is 0.0833. The van der Waals surface area contributed by atoms with Crippen molar-refractivity contribution in [3.05, 3.63) is 36.0 Å². The second kappa shape index (κ2) is 5.39. The maximum atomic E-state index is 5.43. The molecule has 1 N–H and O–H groups in total. The average molecular weight is 286 g/mol. The number of benzene rings is 1. The molecule has 1 aromatic carbocycles. The molecule has 112 valence electrons. The fraction of sp³-hybridized carbons (Fsp3) is 0.500. The van der Waals surface area contributed by atoms with Crippen LogP contribution in [-0.4, -0.2) is 23.2 Å². The van der Waals surface area contributed by atoms with E-state index in [0.717, 1.165) is 25.3 Å². The number of para-hydroxylation sites is 2. The van der Waals surface area contributed by atoms with Crippen LogP contribution in [0.2, 0.25) is 0 Å². The topological polar surface area (TPSA) is 54.2 Å². The summed E-state index contributed by atoms with van der Waals surface area (Å²) in [7, 11) is 0. The summed E-state index contributed by atoms with van der Waals surface area (Å²) >= 11 is 0. The van der Waals surface area contributed by atoms with Crippen molar-refractivity contribution in [3.63, 3.8) is 0 Å². The number of aromatic nitrogens is 2. The van der Waals surface area contributed by atoms with E-state index in [9.17, 15) is 0 Å². The molecule has 0 aliphatic carbocycles. The third kappa shape index (κ3) is 3.01. The van der Waals surface area contributed by atoms with Crippen LogP contribution in [0.5, 0.6) is 0 Å². The molecular weight excluding hydrogens is 264 g/mol. The summed E-state index contributed by atoms with van der Waals surface area (Å²) in [4.78, 5) is 6.84. The Kier molecular flexibility index (Phi) is 3.57. The van der Waals surface area contributed by atoms with Crippen molar-refractivity contribution in [2.24, 2.45) is 0 Å². The van der Waals surface area contributed by atoms with Crippen LogP contribution in [0.4, 0.5) is 11.4 Å². The Morgan fingerprint density at radius 3 is 2.86 bits per heavy atom.